The second-order valence-corrected chi connectivity index (χ2v) is 12.8. The summed E-state index contributed by atoms with van der Waals surface area (Å²) in [6, 6.07) is 5.85. The number of nitrogens with zero attached hydrogens (tertiary/aromatic N) is 1. The number of thioether (sulfide) groups is 1. The molecule has 7 unspecified atom stereocenters. The van der Waals surface area contributed by atoms with Crippen LogP contribution in [0, 0.1) is 35.5 Å². The predicted molar refractivity (Wildman–Crippen MR) is 129 cm³/mol. The van der Waals surface area contributed by atoms with Gasteiger partial charge in [0, 0.05) is 16.0 Å². The second kappa shape index (κ2) is 7.96. The zero-order chi connectivity index (χ0) is 24.8. The number of imide groups is 1. The zero-order valence-corrected chi connectivity index (χ0v) is 20.8. The largest absolute Gasteiger partial charge is 0.508 e. The number of fused-ring (bicyclic) bond motifs is 9. The molecule has 3 heterocycles. The Morgan fingerprint density at radius 3 is 2.40 bits per heavy atom. The number of thiazole rings is 1. The topological polar surface area (TPSA) is 128 Å². The number of hydrogen-bond donors (Lipinski definition) is 3. The highest BCUT2D eigenvalue weighted by Crippen LogP contribution is 2.68. The van der Waals surface area contributed by atoms with Crippen molar-refractivity contribution in [3.8, 4) is 5.75 Å². The van der Waals surface area contributed by atoms with Gasteiger partial charge in [0.2, 0.25) is 11.8 Å². The van der Waals surface area contributed by atoms with Gasteiger partial charge in [-0.3, -0.25) is 19.3 Å². The fourth-order valence-electron chi connectivity index (χ4n) is 7.17. The lowest BCUT2D eigenvalue weighted by molar-refractivity contribution is -0.156. The molecular formula is C25H26N2O6S2. The van der Waals surface area contributed by atoms with Gasteiger partial charge in [0.1, 0.15) is 11.8 Å². The number of carboxylic acid groups (broad SMARTS) is 1. The van der Waals surface area contributed by atoms with Crippen LogP contribution in [0.4, 0.5) is 0 Å². The Morgan fingerprint density at radius 2 is 1.77 bits per heavy atom. The molecule has 2 aliphatic heterocycles. The van der Waals surface area contributed by atoms with Crippen molar-refractivity contribution in [1.29, 1.82) is 0 Å². The van der Waals surface area contributed by atoms with Gasteiger partial charge in [-0.05, 0) is 54.2 Å². The number of phenols is 1. The van der Waals surface area contributed by atoms with E-state index in [0.717, 1.165) is 26.8 Å². The Morgan fingerprint density at radius 1 is 1.11 bits per heavy atom. The number of carbonyl (C=O) groups excluding carboxylic acids is 2. The van der Waals surface area contributed by atoms with Crippen LogP contribution in [0.15, 0.2) is 34.1 Å². The van der Waals surface area contributed by atoms with Gasteiger partial charge in [-0.2, -0.15) is 0 Å². The van der Waals surface area contributed by atoms with Crippen LogP contribution >= 0.6 is 23.1 Å². The van der Waals surface area contributed by atoms with Gasteiger partial charge in [-0.1, -0.05) is 37.3 Å². The standard InChI is InChI=1S/C25H26N2O6S2/c1-9(2)7-14(24(31)32)27-22(29)17-12-8-13(18(17)23(27)30)19-16(12)15(10-3-5-11(28)6-4-10)20-21(34-19)26-25(33)35-20/h3-6,9,12-19,28H,7-8H2,1-2H3,(H,26,33)(H,31,32)/t12?,13?,14?,15-,16?,17?,18?,19?/m1/s1. The second-order valence-electron chi connectivity index (χ2n) is 10.6. The minimum absolute atomic E-state index is 0.0266. The lowest BCUT2D eigenvalue weighted by atomic mass is 9.68. The Labute approximate surface area is 209 Å². The number of H-pyrrole nitrogens is 1. The number of carboxylic acids is 1. The minimum Gasteiger partial charge on any atom is -0.508 e. The number of amides is 2. The molecule has 2 aliphatic carbocycles. The van der Waals surface area contributed by atoms with Crippen molar-refractivity contribution in [3.63, 3.8) is 0 Å². The highest BCUT2D eigenvalue weighted by molar-refractivity contribution is 8.00. The molecule has 3 N–H and O–H groups in total. The fraction of sp³-hybridized carbons (Fsp3) is 0.520. The van der Waals surface area contributed by atoms with E-state index in [2.05, 4.69) is 4.98 Å². The van der Waals surface area contributed by atoms with Crippen molar-refractivity contribution >= 4 is 40.9 Å². The summed E-state index contributed by atoms with van der Waals surface area (Å²) in [6.45, 7) is 3.77. The van der Waals surface area contributed by atoms with Crippen LogP contribution in [-0.4, -0.2) is 49.2 Å². The summed E-state index contributed by atoms with van der Waals surface area (Å²) in [4.78, 5) is 56.4. The maximum absolute atomic E-state index is 13.7. The van der Waals surface area contributed by atoms with E-state index in [4.69, 9.17) is 0 Å². The molecule has 0 spiro atoms. The molecule has 10 heteroatoms. The van der Waals surface area contributed by atoms with E-state index < -0.39 is 23.8 Å². The Hall–Kier alpha value is -2.59. The SMILES string of the molecule is CC(C)CC(C(=O)O)N1C(=O)C2C3CC(C2C1=O)C1C3Sc2[nH]c(=O)sc2[C@@H]1c1ccc(O)cc1. The molecule has 2 saturated carbocycles. The Bertz CT molecular complexity index is 1280. The average Bonchev–Trinajstić information content (AvgIpc) is 3.52. The molecule has 184 valence electrons. The highest BCUT2D eigenvalue weighted by atomic mass is 32.2. The number of carbonyl (C=O) groups is 3. The van der Waals surface area contributed by atoms with Crippen LogP contribution in [0.1, 0.15) is 43.0 Å². The van der Waals surface area contributed by atoms with E-state index in [0.29, 0.717) is 0 Å². The summed E-state index contributed by atoms with van der Waals surface area (Å²) in [5.74, 6) is -2.86. The van der Waals surface area contributed by atoms with Crippen LogP contribution in [0.25, 0.3) is 0 Å². The van der Waals surface area contributed by atoms with Gasteiger partial charge < -0.3 is 15.2 Å². The van der Waals surface area contributed by atoms with Crippen LogP contribution < -0.4 is 4.87 Å². The lowest BCUT2D eigenvalue weighted by Gasteiger charge is -2.43. The van der Waals surface area contributed by atoms with Crippen molar-refractivity contribution < 1.29 is 24.6 Å². The maximum Gasteiger partial charge on any atom is 0.326 e. The van der Waals surface area contributed by atoms with E-state index in [-0.39, 0.29) is 63.7 Å². The Kier molecular flexibility index (Phi) is 5.20. The van der Waals surface area contributed by atoms with Crippen LogP contribution in [-0.2, 0) is 14.4 Å². The number of hydrogen-bond acceptors (Lipinski definition) is 7. The van der Waals surface area contributed by atoms with Gasteiger partial charge in [-0.15, -0.1) is 11.8 Å². The first-order valence-corrected chi connectivity index (χ1v) is 13.6. The maximum atomic E-state index is 13.7. The third-order valence-electron chi connectivity index (χ3n) is 8.30. The number of aromatic nitrogens is 1. The molecule has 8 nitrogen and oxygen atoms in total. The van der Waals surface area contributed by atoms with Gasteiger partial charge in [0.05, 0.1) is 16.9 Å². The van der Waals surface area contributed by atoms with Crippen molar-refractivity contribution in [3.05, 3.63) is 44.4 Å². The van der Waals surface area contributed by atoms with Crippen molar-refractivity contribution in [2.45, 2.75) is 48.9 Å². The van der Waals surface area contributed by atoms with E-state index in [9.17, 15) is 29.4 Å². The lowest BCUT2D eigenvalue weighted by Crippen LogP contribution is -2.47. The first-order chi connectivity index (χ1) is 16.7. The Balaban J connectivity index is 1.42. The van der Waals surface area contributed by atoms with Gasteiger partial charge in [-0.25, -0.2) is 4.79 Å². The van der Waals surface area contributed by atoms with Crippen LogP contribution in [0.3, 0.4) is 0 Å². The third-order valence-corrected chi connectivity index (χ3v) is 10.9. The summed E-state index contributed by atoms with van der Waals surface area (Å²) in [6.07, 6.45) is 0.983. The van der Waals surface area contributed by atoms with E-state index in [1.165, 1.54) is 11.3 Å². The number of benzene rings is 1. The molecule has 1 aromatic heterocycles. The monoisotopic (exact) mass is 514 g/mol. The molecule has 0 radical (unpaired) electrons. The van der Waals surface area contributed by atoms with Gasteiger partial charge in [0.25, 0.3) is 0 Å². The number of aromatic amines is 1. The van der Waals surface area contributed by atoms with Crippen LogP contribution in [0.2, 0.25) is 0 Å². The number of phenolic OH excluding ortho intramolecular Hbond substituents is 1. The molecule has 35 heavy (non-hydrogen) atoms. The molecular weight excluding hydrogens is 488 g/mol. The molecule has 3 fully saturated rings. The molecule has 4 aliphatic rings. The number of aromatic hydroxyl groups is 1. The average molecular weight is 515 g/mol. The van der Waals surface area contributed by atoms with Gasteiger partial charge in [0.15, 0.2) is 0 Å². The van der Waals surface area contributed by atoms with E-state index in [1.54, 1.807) is 23.9 Å². The quantitative estimate of drug-likeness (QED) is 0.523. The minimum atomic E-state index is -1.14. The smallest absolute Gasteiger partial charge is 0.326 e. The zero-order valence-electron chi connectivity index (χ0n) is 19.2. The van der Waals surface area contributed by atoms with Crippen molar-refractivity contribution in [2.75, 3.05) is 0 Å². The summed E-state index contributed by atoms with van der Waals surface area (Å²) >= 11 is 2.78. The van der Waals surface area contributed by atoms with Gasteiger partial charge >= 0.3 is 10.8 Å². The summed E-state index contributed by atoms with van der Waals surface area (Å²) in [7, 11) is 0. The predicted octanol–water partition coefficient (Wildman–Crippen LogP) is 3.11. The van der Waals surface area contributed by atoms with E-state index >= 15 is 0 Å². The summed E-state index contributed by atoms with van der Waals surface area (Å²) in [5.41, 5.74) is 0.968. The third kappa shape index (κ3) is 3.25. The van der Waals surface area contributed by atoms with E-state index in [1.807, 2.05) is 26.0 Å². The van der Waals surface area contributed by atoms with Crippen LogP contribution in [0.5, 0.6) is 5.75 Å². The molecule has 2 aromatic rings. The normalized spacial score (nSPS) is 33.7. The molecule has 2 amide bonds. The fourth-order valence-corrected chi connectivity index (χ4v) is 10.1. The molecule has 1 saturated heterocycles. The van der Waals surface area contributed by atoms with Crippen molar-refractivity contribution in [2.24, 2.45) is 35.5 Å². The molecule has 6 rings (SSSR count). The first kappa shape index (κ1) is 22.8. The van der Waals surface area contributed by atoms with Crippen molar-refractivity contribution in [1.82, 2.24) is 9.88 Å². The number of aliphatic carboxylic acids is 1. The summed E-state index contributed by atoms with van der Waals surface area (Å²) in [5, 5.41) is 20.6. The molecule has 8 atom stereocenters. The highest BCUT2D eigenvalue weighted by Gasteiger charge is 2.70. The first-order valence-electron chi connectivity index (χ1n) is 12.0. The number of rotatable bonds is 5. The number of likely N-dealkylation sites (tertiary alicyclic amines) is 1. The number of nitrogens with one attached hydrogen (secondary N) is 1. The molecule has 2 bridgehead atoms. The summed E-state index contributed by atoms with van der Waals surface area (Å²) < 4.78 is 0. The molecule has 1 aromatic carbocycles.